The van der Waals surface area contributed by atoms with E-state index in [-0.39, 0.29) is 18.9 Å². The van der Waals surface area contributed by atoms with E-state index in [9.17, 15) is 0 Å². The van der Waals surface area contributed by atoms with Crippen molar-refractivity contribution in [2.75, 3.05) is 0 Å². The zero-order valence-corrected chi connectivity index (χ0v) is 4.26. The van der Waals surface area contributed by atoms with Gasteiger partial charge in [-0.3, -0.25) is 0 Å². The zero-order chi connectivity index (χ0) is 3.41. The van der Waals surface area contributed by atoms with Crippen LogP contribution in [-0.4, -0.2) is 29.3 Å². The Bertz CT molecular complexity index is 23.6. The van der Waals surface area contributed by atoms with E-state index in [4.69, 9.17) is 4.91 Å². The molecule has 0 bridgehead atoms. The van der Waals surface area contributed by atoms with Crippen molar-refractivity contribution in [3.8, 4) is 0 Å². The van der Waals surface area contributed by atoms with Crippen LogP contribution in [0.1, 0.15) is 0 Å². The Balaban J connectivity index is 0. The molecule has 5 heavy (non-hydrogen) atoms. The molecule has 0 saturated carbocycles. The molecule has 0 heterocycles. The molecule has 0 rings (SSSR count). The Morgan fingerprint density at radius 3 is 2.00 bits per heavy atom. The summed E-state index contributed by atoms with van der Waals surface area (Å²) in [6.07, 6.45) is 0. The topological polar surface area (TPSA) is 38.7 Å². The fraction of sp³-hybridized carbons (Fsp3) is 0. The molecule has 0 amide bonds. The van der Waals surface area contributed by atoms with Crippen molar-refractivity contribution in [2.45, 2.75) is 0 Å². The quantitative estimate of drug-likeness (QED) is 0.216. The van der Waals surface area contributed by atoms with Gasteiger partial charge in [0.2, 0.25) is 10.5 Å². The predicted molar refractivity (Wildman–Crippen MR) is 24.0 cm³/mol. The summed E-state index contributed by atoms with van der Waals surface area (Å²) >= 11 is 0. The van der Waals surface area contributed by atoms with Gasteiger partial charge in [-0.05, 0) is 0 Å². The van der Waals surface area contributed by atoms with Crippen LogP contribution in [-0.2, 0) is 4.53 Å². The third kappa shape index (κ3) is 14.0. The molecule has 0 saturated heterocycles. The van der Waals surface area contributed by atoms with E-state index in [0.29, 0.717) is 10.5 Å². The summed E-state index contributed by atoms with van der Waals surface area (Å²) in [6.45, 7) is 0. The van der Waals surface area contributed by atoms with Crippen LogP contribution in [0.15, 0.2) is 5.34 Å². The molecule has 0 N–H and O–H groups in total. The van der Waals surface area contributed by atoms with E-state index in [1.807, 2.05) is 5.34 Å². The molecule has 0 aliphatic rings. The summed E-state index contributed by atoms with van der Waals surface area (Å²) in [5.41, 5.74) is 0. The Morgan fingerprint density at radius 1 is 1.80 bits per heavy atom. The molecule has 0 fully saturated rings. The molecular formula is H4LiNO2Si. The SMILES string of the molecule is O=NO[SiH3].[LiH]. The van der Waals surface area contributed by atoms with Gasteiger partial charge in [-0.15, -0.1) is 4.91 Å². The van der Waals surface area contributed by atoms with Crippen LogP contribution in [0.5, 0.6) is 0 Å². The van der Waals surface area contributed by atoms with Gasteiger partial charge in [-0.1, -0.05) is 0 Å². The van der Waals surface area contributed by atoms with Gasteiger partial charge in [0.15, 0.2) is 0 Å². The Kier molecular flexibility index (Phi) is 15.9. The van der Waals surface area contributed by atoms with Crippen molar-refractivity contribution in [1.29, 1.82) is 0 Å². The first-order chi connectivity index (χ1) is 1.91. The van der Waals surface area contributed by atoms with Crippen molar-refractivity contribution in [2.24, 2.45) is 5.34 Å². The van der Waals surface area contributed by atoms with Crippen LogP contribution in [0.25, 0.3) is 0 Å². The maximum atomic E-state index is 8.74. The number of rotatable bonds is 1. The van der Waals surface area contributed by atoms with Crippen LogP contribution in [0.3, 0.4) is 0 Å². The van der Waals surface area contributed by atoms with Gasteiger partial charge in [0, 0.05) is 0 Å². The summed E-state index contributed by atoms with van der Waals surface area (Å²) in [5.74, 6) is 0. The predicted octanol–water partition coefficient (Wildman–Crippen LogP) is -1.68. The van der Waals surface area contributed by atoms with Crippen LogP contribution < -0.4 is 0 Å². The standard InChI is InChI=1S/Li.H3NO2Si.H/c;2-1-3-4;/h;4H3;. The molecule has 0 aliphatic heterocycles. The average molecular weight is 85.1 g/mol. The van der Waals surface area contributed by atoms with Crippen LogP contribution >= 0.6 is 0 Å². The molecule has 0 aromatic rings. The van der Waals surface area contributed by atoms with Gasteiger partial charge in [0.25, 0.3) is 0 Å². The second-order valence-corrected chi connectivity index (χ2v) is 0.622. The zero-order valence-electron chi connectivity index (χ0n) is 2.26. The van der Waals surface area contributed by atoms with E-state index in [1.54, 1.807) is 0 Å². The average Bonchev–Trinajstić information content (AvgIpc) is 1.37. The molecule has 0 aromatic carbocycles. The van der Waals surface area contributed by atoms with Crippen molar-refractivity contribution in [3.05, 3.63) is 4.91 Å². The van der Waals surface area contributed by atoms with Gasteiger partial charge in [0.05, 0.1) is 0 Å². The normalized spacial score (nSPS) is 4.80. The van der Waals surface area contributed by atoms with E-state index in [2.05, 4.69) is 4.53 Å². The first-order valence-corrected chi connectivity index (χ1v) is 1.59. The third-order valence-corrected chi connectivity index (χ3v) is 0.224. The van der Waals surface area contributed by atoms with Crippen molar-refractivity contribution >= 4 is 29.3 Å². The molecule has 0 aliphatic carbocycles. The fourth-order valence-corrected chi connectivity index (χ4v) is 0. The van der Waals surface area contributed by atoms with Gasteiger partial charge in [-0.2, -0.15) is 0 Å². The Labute approximate surface area is 44.7 Å². The molecule has 0 unspecified atom stereocenters. The van der Waals surface area contributed by atoms with Crippen molar-refractivity contribution in [3.63, 3.8) is 0 Å². The molecule has 5 heteroatoms. The van der Waals surface area contributed by atoms with Gasteiger partial charge in [0.1, 0.15) is 5.34 Å². The summed E-state index contributed by atoms with van der Waals surface area (Å²) in [7, 11) is 0.410. The summed E-state index contributed by atoms with van der Waals surface area (Å²) in [4.78, 5) is 8.74. The van der Waals surface area contributed by atoms with Gasteiger partial charge >= 0.3 is 18.9 Å². The third-order valence-electron chi connectivity index (χ3n) is 0.0745. The second kappa shape index (κ2) is 8.88. The van der Waals surface area contributed by atoms with Crippen LogP contribution in [0.2, 0.25) is 0 Å². The number of hydrogen-bond donors (Lipinski definition) is 0. The van der Waals surface area contributed by atoms with Gasteiger partial charge < -0.3 is 4.53 Å². The molecule has 26 valence electrons. The summed E-state index contributed by atoms with van der Waals surface area (Å²) in [5, 5.41) is 2.05. The number of nitrogens with zero attached hydrogens (tertiary/aromatic N) is 1. The second-order valence-electron chi connectivity index (χ2n) is 0.257. The van der Waals surface area contributed by atoms with Gasteiger partial charge in [-0.25, -0.2) is 0 Å². The molecular weight excluding hydrogens is 81.0 g/mol. The van der Waals surface area contributed by atoms with Crippen LogP contribution in [0.4, 0.5) is 0 Å². The van der Waals surface area contributed by atoms with Crippen molar-refractivity contribution < 1.29 is 4.53 Å². The Morgan fingerprint density at radius 2 is 2.00 bits per heavy atom. The Hall–Kier alpha value is 0.214. The first kappa shape index (κ1) is 8.96. The molecule has 0 radical (unpaired) electrons. The fourth-order valence-electron chi connectivity index (χ4n) is 0. The minimum absolute atomic E-state index is 0. The minimum atomic E-state index is 0. The number of hydrogen-bond acceptors (Lipinski definition) is 3. The van der Waals surface area contributed by atoms with E-state index in [1.165, 1.54) is 0 Å². The summed E-state index contributed by atoms with van der Waals surface area (Å²) in [6, 6.07) is 0. The molecule has 0 spiro atoms. The van der Waals surface area contributed by atoms with E-state index in [0.717, 1.165) is 0 Å². The molecule has 3 nitrogen and oxygen atoms in total. The summed E-state index contributed by atoms with van der Waals surface area (Å²) < 4.78 is 3.75. The van der Waals surface area contributed by atoms with E-state index < -0.39 is 0 Å². The van der Waals surface area contributed by atoms with Crippen molar-refractivity contribution in [1.82, 2.24) is 0 Å². The molecule has 0 aromatic heterocycles. The monoisotopic (exact) mass is 85.0 g/mol. The molecule has 0 atom stereocenters. The first-order valence-electron chi connectivity index (χ1n) is 0.773. The van der Waals surface area contributed by atoms with E-state index >= 15 is 0 Å². The van der Waals surface area contributed by atoms with Crippen LogP contribution in [0, 0.1) is 4.91 Å². The maximum absolute atomic E-state index is 8.74.